The molecule has 1 amide bonds. The summed E-state index contributed by atoms with van der Waals surface area (Å²) in [6.07, 6.45) is 1.18. The van der Waals surface area contributed by atoms with Crippen molar-refractivity contribution in [1.29, 1.82) is 0 Å². The number of aryl methyl sites for hydroxylation is 3. The molecule has 0 saturated carbocycles. The zero-order valence-electron chi connectivity index (χ0n) is 12.6. The Morgan fingerprint density at radius 3 is 2.73 bits per heavy atom. The number of thiazole rings is 1. The van der Waals surface area contributed by atoms with Crippen LogP contribution in [0.25, 0.3) is 10.3 Å². The minimum absolute atomic E-state index is 0.0164. The quantitative estimate of drug-likeness (QED) is 0.795. The van der Waals surface area contributed by atoms with E-state index in [2.05, 4.69) is 15.3 Å². The highest BCUT2D eigenvalue weighted by Crippen LogP contribution is 2.28. The zero-order valence-corrected chi connectivity index (χ0v) is 13.4. The Hall–Kier alpha value is -2.27. The Morgan fingerprint density at radius 1 is 1.18 bits per heavy atom. The fraction of sp³-hybridized carbons (Fsp3) is 0.235. The molecule has 0 aliphatic carbocycles. The number of carbonyl (C=O) groups excluding carboxylic acids is 1. The molecule has 0 saturated heterocycles. The molecule has 0 spiro atoms. The fourth-order valence-corrected chi connectivity index (χ4v) is 3.25. The maximum Gasteiger partial charge on any atom is 0.226 e. The molecule has 2 aromatic heterocycles. The molecular formula is C17H17N3OS. The highest BCUT2D eigenvalue weighted by atomic mass is 32.1. The van der Waals surface area contributed by atoms with Crippen molar-refractivity contribution in [1.82, 2.24) is 9.97 Å². The molecule has 3 aromatic rings. The van der Waals surface area contributed by atoms with E-state index in [1.54, 1.807) is 0 Å². The summed E-state index contributed by atoms with van der Waals surface area (Å²) in [5.41, 5.74) is 3.96. The SMILES string of the molecule is Cc1cc(C)c2sc(NC(=O)CCc3ccccc3)nc2n1. The molecule has 112 valence electrons. The van der Waals surface area contributed by atoms with Gasteiger partial charge in [0.15, 0.2) is 10.8 Å². The molecule has 0 atom stereocenters. The molecule has 0 fully saturated rings. The Morgan fingerprint density at radius 2 is 1.95 bits per heavy atom. The molecule has 0 unspecified atom stereocenters. The maximum atomic E-state index is 12.0. The first-order valence-corrected chi connectivity index (χ1v) is 8.02. The second-order valence-corrected chi connectivity index (χ2v) is 6.29. The lowest BCUT2D eigenvalue weighted by Gasteiger charge is -2.01. The number of rotatable bonds is 4. The maximum absolute atomic E-state index is 12.0. The molecule has 2 heterocycles. The lowest BCUT2D eigenvalue weighted by atomic mass is 10.1. The van der Waals surface area contributed by atoms with Gasteiger partial charge in [-0.2, -0.15) is 4.98 Å². The second kappa shape index (κ2) is 6.23. The highest BCUT2D eigenvalue weighted by Gasteiger charge is 2.11. The predicted octanol–water partition coefficient (Wildman–Crippen LogP) is 3.88. The molecule has 4 nitrogen and oxygen atoms in total. The van der Waals surface area contributed by atoms with Crippen LogP contribution in [0, 0.1) is 13.8 Å². The molecule has 0 aliphatic heterocycles. The van der Waals surface area contributed by atoms with Gasteiger partial charge in [0.1, 0.15) is 0 Å². The number of anilines is 1. The van der Waals surface area contributed by atoms with Crippen LogP contribution in [0.1, 0.15) is 23.2 Å². The third-order valence-electron chi connectivity index (χ3n) is 3.40. The smallest absolute Gasteiger partial charge is 0.226 e. The molecule has 3 rings (SSSR count). The summed E-state index contributed by atoms with van der Waals surface area (Å²) >= 11 is 1.48. The van der Waals surface area contributed by atoms with Crippen LogP contribution in [0.15, 0.2) is 36.4 Å². The van der Waals surface area contributed by atoms with Crippen molar-refractivity contribution >= 4 is 32.7 Å². The topological polar surface area (TPSA) is 54.9 Å². The van der Waals surface area contributed by atoms with E-state index < -0.39 is 0 Å². The Labute approximate surface area is 133 Å². The third kappa shape index (κ3) is 3.31. The molecule has 0 aliphatic rings. The molecule has 0 radical (unpaired) electrons. The Kier molecular flexibility index (Phi) is 4.15. The number of hydrogen-bond acceptors (Lipinski definition) is 4. The predicted molar refractivity (Wildman–Crippen MR) is 90.3 cm³/mol. The van der Waals surface area contributed by atoms with Crippen LogP contribution in [0.2, 0.25) is 0 Å². The first kappa shape index (κ1) is 14.7. The number of aromatic nitrogens is 2. The van der Waals surface area contributed by atoms with Crippen LogP contribution in [0.5, 0.6) is 0 Å². The van der Waals surface area contributed by atoms with Gasteiger partial charge in [0.25, 0.3) is 0 Å². The second-order valence-electron chi connectivity index (χ2n) is 5.29. The summed E-state index contributed by atoms with van der Waals surface area (Å²) in [5.74, 6) is -0.0164. The van der Waals surface area contributed by atoms with Gasteiger partial charge in [-0.3, -0.25) is 4.79 Å². The standard InChI is InChI=1S/C17H17N3OS/c1-11-10-12(2)18-16-15(11)22-17(20-16)19-14(21)9-8-13-6-4-3-5-7-13/h3-7,10H,8-9H2,1-2H3,(H,18,19,20,21). The van der Waals surface area contributed by atoms with Crippen molar-refractivity contribution in [2.45, 2.75) is 26.7 Å². The Bertz CT molecular complexity index is 811. The zero-order chi connectivity index (χ0) is 15.5. The molecule has 0 bridgehead atoms. The number of hydrogen-bond donors (Lipinski definition) is 1. The number of nitrogens with one attached hydrogen (secondary N) is 1. The summed E-state index contributed by atoms with van der Waals surface area (Å²) in [5, 5.41) is 3.50. The highest BCUT2D eigenvalue weighted by molar-refractivity contribution is 7.22. The van der Waals surface area contributed by atoms with Crippen LogP contribution in [0.3, 0.4) is 0 Å². The average Bonchev–Trinajstić information content (AvgIpc) is 2.89. The number of nitrogens with zero attached hydrogens (tertiary/aromatic N) is 2. The van der Waals surface area contributed by atoms with Crippen molar-refractivity contribution < 1.29 is 4.79 Å². The number of amides is 1. The summed E-state index contributed by atoms with van der Waals surface area (Å²) in [6, 6.07) is 12.0. The van der Waals surface area contributed by atoms with Crippen molar-refractivity contribution in [3.8, 4) is 0 Å². The van der Waals surface area contributed by atoms with E-state index in [0.29, 0.717) is 17.2 Å². The lowest BCUT2D eigenvalue weighted by Crippen LogP contribution is -2.12. The summed E-state index contributed by atoms with van der Waals surface area (Å²) in [6.45, 7) is 3.99. The van der Waals surface area contributed by atoms with Crippen molar-refractivity contribution in [2.24, 2.45) is 0 Å². The first-order chi connectivity index (χ1) is 10.6. The molecule has 1 aromatic carbocycles. The van der Waals surface area contributed by atoms with Crippen molar-refractivity contribution in [2.75, 3.05) is 5.32 Å². The normalized spacial score (nSPS) is 10.8. The molecule has 22 heavy (non-hydrogen) atoms. The largest absolute Gasteiger partial charge is 0.302 e. The van der Waals surface area contributed by atoms with E-state index in [-0.39, 0.29) is 5.91 Å². The van der Waals surface area contributed by atoms with Crippen LogP contribution in [-0.2, 0) is 11.2 Å². The van der Waals surface area contributed by atoms with Gasteiger partial charge in [-0.15, -0.1) is 0 Å². The van der Waals surface area contributed by atoms with Gasteiger partial charge in [0, 0.05) is 12.1 Å². The molecular weight excluding hydrogens is 294 g/mol. The minimum atomic E-state index is -0.0164. The van der Waals surface area contributed by atoms with Gasteiger partial charge in [-0.1, -0.05) is 41.7 Å². The van der Waals surface area contributed by atoms with Gasteiger partial charge < -0.3 is 5.32 Å². The van der Waals surface area contributed by atoms with E-state index in [9.17, 15) is 4.79 Å². The number of fused-ring (bicyclic) bond motifs is 1. The van der Waals surface area contributed by atoms with Crippen molar-refractivity contribution in [3.05, 3.63) is 53.2 Å². The van der Waals surface area contributed by atoms with Gasteiger partial charge in [-0.05, 0) is 37.5 Å². The van der Waals surface area contributed by atoms with E-state index in [1.165, 1.54) is 11.3 Å². The molecule has 1 N–H and O–H groups in total. The molecule has 5 heteroatoms. The fourth-order valence-electron chi connectivity index (χ4n) is 2.36. The lowest BCUT2D eigenvalue weighted by molar-refractivity contribution is -0.116. The summed E-state index contributed by atoms with van der Waals surface area (Å²) in [7, 11) is 0. The van der Waals surface area contributed by atoms with E-state index in [4.69, 9.17) is 0 Å². The number of carbonyl (C=O) groups is 1. The van der Waals surface area contributed by atoms with E-state index in [1.807, 2.05) is 50.2 Å². The summed E-state index contributed by atoms with van der Waals surface area (Å²) in [4.78, 5) is 20.9. The van der Waals surface area contributed by atoms with E-state index in [0.717, 1.165) is 27.9 Å². The first-order valence-electron chi connectivity index (χ1n) is 7.20. The number of benzene rings is 1. The third-order valence-corrected chi connectivity index (χ3v) is 4.50. The monoisotopic (exact) mass is 311 g/mol. The Balaban J connectivity index is 1.68. The average molecular weight is 311 g/mol. The number of pyridine rings is 1. The van der Waals surface area contributed by atoms with Crippen LogP contribution in [-0.4, -0.2) is 15.9 Å². The van der Waals surface area contributed by atoms with Crippen LogP contribution >= 0.6 is 11.3 Å². The van der Waals surface area contributed by atoms with Crippen LogP contribution in [0.4, 0.5) is 5.13 Å². The van der Waals surface area contributed by atoms with Crippen molar-refractivity contribution in [3.63, 3.8) is 0 Å². The van der Waals surface area contributed by atoms with Gasteiger partial charge in [0.05, 0.1) is 4.70 Å². The summed E-state index contributed by atoms with van der Waals surface area (Å²) < 4.78 is 1.03. The van der Waals surface area contributed by atoms with E-state index >= 15 is 0 Å². The van der Waals surface area contributed by atoms with Crippen LogP contribution < -0.4 is 5.32 Å². The van der Waals surface area contributed by atoms with Gasteiger partial charge in [-0.25, -0.2) is 4.98 Å². The minimum Gasteiger partial charge on any atom is -0.302 e. The van der Waals surface area contributed by atoms with Gasteiger partial charge >= 0.3 is 0 Å². The van der Waals surface area contributed by atoms with Gasteiger partial charge in [0.2, 0.25) is 5.91 Å².